The second-order valence-electron chi connectivity index (χ2n) is 4.78. The van der Waals surface area contributed by atoms with Gasteiger partial charge in [-0.25, -0.2) is 0 Å². The lowest BCUT2D eigenvalue weighted by atomic mass is 9.94. The first kappa shape index (κ1) is 15.9. The minimum atomic E-state index is 0.0587. The van der Waals surface area contributed by atoms with E-state index in [1.165, 1.54) is 11.1 Å². The molecule has 21 heavy (non-hydrogen) atoms. The van der Waals surface area contributed by atoms with Crippen LogP contribution >= 0.6 is 15.9 Å². The molecule has 0 radical (unpaired) electrons. The van der Waals surface area contributed by atoms with E-state index >= 15 is 0 Å². The number of nitrogens with one attached hydrogen (secondary N) is 1. The molecule has 0 spiro atoms. The van der Waals surface area contributed by atoms with Gasteiger partial charge < -0.3 is 14.8 Å². The second kappa shape index (κ2) is 6.96. The van der Waals surface area contributed by atoms with Crippen LogP contribution in [0.25, 0.3) is 0 Å². The molecule has 112 valence electrons. The van der Waals surface area contributed by atoms with Gasteiger partial charge in [0.05, 0.1) is 20.3 Å². The van der Waals surface area contributed by atoms with Crippen molar-refractivity contribution in [3.8, 4) is 11.5 Å². The highest BCUT2D eigenvalue weighted by Gasteiger charge is 2.19. The van der Waals surface area contributed by atoms with Crippen molar-refractivity contribution in [2.75, 3.05) is 21.3 Å². The van der Waals surface area contributed by atoms with Gasteiger partial charge in [-0.1, -0.05) is 28.1 Å². The lowest BCUT2D eigenvalue weighted by molar-refractivity contribution is 0.388. The summed E-state index contributed by atoms with van der Waals surface area (Å²) in [6, 6.07) is 12.2. The summed E-state index contributed by atoms with van der Waals surface area (Å²) in [5.41, 5.74) is 3.52. The van der Waals surface area contributed by atoms with Gasteiger partial charge >= 0.3 is 0 Å². The van der Waals surface area contributed by atoms with Gasteiger partial charge in [0, 0.05) is 16.1 Å². The molecule has 1 unspecified atom stereocenters. The molecule has 4 heteroatoms. The number of hydrogen-bond acceptors (Lipinski definition) is 3. The summed E-state index contributed by atoms with van der Waals surface area (Å²) in [6.07, 6.45) is 0. The zero-order valence-electron chi connectivity index (χ0n) is 12.7. The fraction of sp³-hybridized carbons (Fsp3) is 0.294. The van der Waals surface area contributed by atoms with Crippen molar-refractivity contribution in [2.45, 2.75) is 13.0 Å². The molecule has 0 saturated heterocycles. The van der Waals surface area contributed by atoms with Crippen molar-refractivity contribution in [2.24, 2.45) is 0 Å². The van der Waals surface area contributed by atoms with E-state index in [1.807, 2.05) is 31.3 Å². The average Bonchev–Trinajstić information content (AvgIpc) is 2.52. The Morgan fingerprint density at radius 3 is 2.43 bits per heavy atom. The number of methoxy groups -OCH3 is 2. The Kier molecular flexibility index (Phi) is 5.26. The monoisotopic (exact) mass is 349 g/mol. The number of ether oxygens (including phenoxy) is 2. The molecular formula is C17H20BrNO2. The maximum absolute atomic E-state index is 5.53. The summed E-state index contributed by atoms with van der Waals surface area (Å²) in [7, 11) is 5.29. The predicted molar refractivity (Wildman–Crippen MR) is 89.3 cm³/mol. The van der Waals surface area contributed by atoms with Gasteiger partial charge in [-0.15, -0.1) is 0 Å². The van der Waals surface area contributed by atoms with E-state index in [4.69, 9.17) is 9.47 Å². The zero-order valence-corrected chi connectivity index (χ0v) is 14.3. The Morgan fingerprint density at radius 1 is 1.05 bits per heavy atom. The molecular weight excluding hydrogens is 330 g/mol. The average molecular weight is 350 g/mol. The predicted octanol–water partition coefficient (Wildman–Crippen LogP) is 4.08. The standard InChI is InChI=1S/C17H20BrNO2/c1-11-13(6-5-7-15(11)18)17(19-2)14-9-8-12(20-3)10-16(14)21-4/h5-10,17,19H,1-4H3. The van der Waals surface area contributed by atoms with Crippen molar-refractivity contribution in [3.63, 3.8) is 0 Å². The SMILES string of the molecule is CNC(c1ccc(OC)cc1OC)c1cccc(Br)c1C. The van der Waals surface area contributed by atoms with Crippen molar-refractivity contribution in [1.29, 1.82) is 0 Å². The molecule has 0 amide bonds. The van der Waals surface area contributed by atoms with Crippen LogP contribution in [-0.4, -0.2) is 21.3 Å². The van der Waals surface area contributed by atoms with Crippen LogP contribution in [0.2, 0.25) is 0 Å². The van der Waals surface area contributed by atoms with Gasteiger partial charge in [0.2, 0.25) is 0 Å². The minimum Gasteiger partial charge on any atom is -0.497 e. The van der Waals surface area contributed by atoms with Crippen LogP contribution < -0.4 is 14.8 Å². The molecule has 1 N–H and O–H groups in total. The van der Waals surface area contributed by atoms with Crippen molar-refractivity contribution < 1.29 is 9.47 Å². The molecule has 1 atom stereocenters. The molecule has 0 aliphatic rings. The summed E-state index contributed by atoms with van der Waals surface area (Å²) in [5.74, 6) is 1.60. The Bertz CT molecular complexity index is 628. The minimum absolute atomic E-state index is 0.0587. The van der Waals surface area contributed by atoms with Gasteiger partial charge in [-0.3, -0.25) is 0 Å². The van der Waals surface area contributed by atoms with Crippen molar-refractivity contribution in [3.05, 3.63) is 57.6 Å². The first-order valence-corrected chi connectivity index (χ1v) is 7.55. The van der Waals surface area contributed by atoms with Crippen LogP contribution in [0.3, 0.4) is 0 Å². The van der Waals surface area contributed by atoms with Gasteiger partial charge in [-0.05, 0) is 43.3 Å². The molecule has 0 aliphatic carbocycles. The molecule has 0 saturated carbocycles. The number of benzene rings is 2. The molecule has 0 fully saturated rings. The Balaban J connectivity index is 2.53. The molecule has 3 nitrogen and oxygen atoms in total. The maximum atomic E-state index is 5.53. The number of hydrogen-bond donors (Lipinski definition) is 1. The molecule has 0 aliphatic heterocycles. The topological polar surface area (TPSA) is 30.5 Å². The summed E-state index contributed by atoms with van der Waals surface area (Å²) >= 11 is 3.60. The van der Waals surface area contributed by atoms with E-state index in [0.717, 1.165) is 21.5 Å². The van der Waals surface area contributed by atoms with Gasteiger partial charge in [0.25, 0.3) is 0 Å². The Labute approximate surface area is 134 Å². The molecule has 2 rings (SSSR count). The summed E-state index contributed by atoms with van der Waals surface area (Å²) < 4.78 is 11.9. The maximum Gasteiger partial charge on any atom is 0.127 e. The lowest BCUT2D eigenvalue weighted by Gasteiger charge is -2.22. The summed E-state index contributed by atoms with van der Waals surface area (Å²) in [5, 5.41) is 3.37. The molecule has 0 heterocycles. The third-order valence-corrected chi connectivity index (χ3v) is 4.52. The Hall–Kier alpha value is -1.52. The van der Waals surface area contributed by atoms with Gasteiger partial charge in [0.1, 0.15) is 11.5 Å². The first-order chi connectivity index (χ1) is 10.1. The van der Waals surface area contributed by atoms with E-state index in [1.54, 1.807) is 14.2 Å². The smallest absolute Gasteiger partial charge is 0.127 e. The molecule has 2 aromatic carbocycles. The second-order valence-corrected chi connectivity index (χ2v) is 5.64. The van der Waals surface area contributed by atoms with Gasteiger partial charge in [-0.2, -0.15) is 0 Å². The third kappa shape index (κ3) is 3.22. The number of rotatable bonds is 5. The first-order valence-electron chi connectivity index (χ1n) is 6.76. The number of halogens is 1. The highest BCUT2D eigenvalue weighted by molar-refractivity contribution is 9.10. The highest BCUT2D eigenvalue weighted by Crippen LogP contribution is 2.35. The van der Waals surface area contributed by atoms with Crippen LogP contribution in [-0.2, 0) is 0 Å². The van der Waals surface area contributed by atoms with Crippen LogP contribution in [0.1, 0.15) is 22.7 Å². The molecule has 0 aromatic heterocycles. The van der Waals surface area contributed by atoms with Crippen LogP contribution in [0.15, 0.2) is 40.9 Å². The largest absolute Gasteiger partial charge is 0.497 e. The summed E-state index contributed by atoms with van der Waals surface area (Å²) in [6.45, 7) is 2.11. The van der Waals surface area contributed by atoms with E-state index in [0.29, 0.717) is 0 Å². The van der Waals surface area contributed by atoms with Crippen LogP contribution in [0.4, 0.5) is 0 Å². The third-order valence-electron chi connectivity index (χ3n) is 3.66. The van der Waals surface area contributed by atoms with Crippen molar-refractivity contribution in [1.82, 2.24) is 5.32 Å². The van der Waals surface area contributed by atoms with E-state index in [9.17, 15) is 0 Å². The quantitative estimate of drug-likeness (QED) is 0.881. The fourth-order valence-corrected chi connectivity index (χ4v) is 2.85. The normalized spacial score (nSPS) is 12.0. The van der Waals surface area contributed by atoms with E-state index < -0.39 is 0 Å². The zero-order chi connectivity index (χ0) is 15.4. The highest BCUT2D eigenvalue weighted by atomic mass is 79.9. The van der Waals surface area contributed by atoms with E-state index in [2.05, 4.69) is 40.3 Å². The summed E-state index contributed by atoms with van der Waals surface area (Å²) in [4.78, 5) is 0. The van der Waals surface area contributed by atoms with Crippen molar-refractivity contribution >= 4 is 15.9 Å². The van der Waals surface area contributed by atoms with Crippen LogP contribution in [0.5, 0.6) is 11.5 Å². The Morgan fingerprint density at radius 2 is 1.81 bits per heavy atom. The van der Waals surface area contributed by atoms with E-state index in [-0.39, 0.29) is 6.04 Å². The lowest BCUT2D eigenvalue weighted by Crippen LogP contribution is -2.19. The molecule has 2 aromatic rings. The molecule has 0 bridgehead atoms. The van der Waals surface area contributed by atoms with Gasteiger partial charge in [0.15, 0.2) is 0 Å². The van der Waals surface area contributed by atoms with Crippen LogP contribution in [0, 0.1) is 6.92 Å². The fourth-order valence-electron chi connectivity index (χ4n) is 2.47.